The number of ether oxygens (including phenoxy) is 2. The maximum absolute atomic E-state index is 12.9. The van der Waals surface area contributed by atoms with Gasteiger partial charge in [0.15, 0.2) is 0 Å². The lowest BCUT2D eigenvalue weighted by Crippen LogP contribution is -2.43. The summed E-state index contributed by atoms with van der Waals surface area (Å²) in [6.07, 6.45) is 2.51. The largest absolute Gasteiger partial charge is 0.459 e. The Labute approximate surface area is 211 Å². The number of likely N-dealkylation sites (tertiary alicyclic amines) is 2. The summed E-state index contributed by atoms with van der Waals surface area (Å²) in [5, 5.41) is 0. The second-order valence-electron chi connectivity index (χ2n) is 9.18. The molecule has 8 nitrogen and oxygen atoms in total. The van der Waals surface area contributed by atoms with Gasteiger partial charge in [-0.3, -0.25) is 9.59 Å². The zero-order valence-electron chi connectivity index (χ0n) is 20.3. The summed E-state index contributed by atoms with van der Waals surface area (Å²) < 4.78 is 10.9. The van der Waals surface area contributed by atoms with Gasteiger partial charge in [-0.25, -0.2) is 9.59 Å². The van der Waals surface area contributed by atoms with Crippen LogP contribution in [0.4, 0.5) is 0 Å². The van der Waals surface area contributed by atoms with Crippen LogP contribution in [0.1, 0.15) is 49.7 Å². The molecule has 2 aromatic rings. The number of nitrogens with zero attached hydrogens (tertiary/aromatic N) is 2. The predicted molar refractivity (Wildman–Crippen MR) is 131 cm³/mol. The highest BCUT2D eigenvalue weighted by Crippen LogP contribution is 2.23. The van der Waals surface area contributed by atoms with Crippen LogP contribution >= 0.6 is 0 Å². The monoisotopic (exact) mass is 492 g/mol. The number of hydrogen-bond donors (Lipinski definition) is 0. The first-order chi connectivity index (χ1) is 17.5. The Kier molecular flexibility index (Phi) is 8.71. The minimum Gasteiger partial charge on any atom is -0.459 e. The minimum absolute atomic E-state index is 0.0103. The summed E-state index contributed by atoms with van der Waals surface area (Å²) in [5.41, 5.74) is 1.77. The van der Waals surface area contributed by atoms with E-state index in [1.54, 1.807) is 0 Å². The van der Waals surface area contributed by atoms with Gasteiger partial charge < -0.3 is 19.3 Å². The third-order valence-electron chi connectivity index (χ3n) is 6.69. The second-order valence-corrected chi connectivity index (χ2v) is 9.18. The van der Waals surface area contributed by atoms with E-state index < -0.39 is 24.0 Å². The van der Waals surface area contributed by atoms with Crippen molar-refractivity contribution in [3.8, 4) is 0 Å². The van der Waals surface area contributed by atoms with E-state index in [9.17, 15) is 19.2 Å². The molecule has 190 valence electrons. The van der Waals surface area contributed by atoms with Crippen LogP contribution in [-0.4, -0.2) is 58.7 Å². The van der Waals surface area contributed by atoms with E-state index in [4.69, 9.17) is 9.47 Å². The Bertz CT molecular complexity index is 973. The zero-order chi connectivity index (χ0) is 25.3. The Morgan fingerprint density at radius 3 is 1.42 bits per heavy atom. The van der Waals surface area contributed by atoms with Gasteiger partial charge in [0.1, 0.15) is 25.3 Å². The summed E-state index contributed by atoms with van der Waals surface area (Å²) in [4.78, 5) is 54.1. The highest BCUT2D eigenvalue weighted by molar-refractivity contribution is 5.90. The normalized spacial score (nSPS) is 19.2. The fraction of sp³-hybridized carbons (Fsp3) is 0.429. The number of esters is 2. The van der Waals surface area contributed by atoms with Crippen molar-refractivity contribution in [1.29, 1.82) is 0 Å². The van der Waals surface area contributed by atoms with Gasteiger partial charge in [0, 0.05) is 25.9 Å². The second kappa shape index (κ2) is 12.3. The molecule has 4 rings (SSSR count). The molecule has 2 aliphatic heterocycles. The van der Waals surface area contributed by atoms with Crippen molar-refractivity contribution in [2.24, 2.45) is 0 Å². The standard InChI is InChI=1S/C28H32N2O6/c31-25(29-17-7-13-23(29)27(33)35-19-21-9-3-1-4-10-21)15-16-26(32)30-18-8-14-24(30)28(34)36-20-22-11-5-2-6-12-22/h1-6,9-12,23-24H,7-8,13-20H2/t23-,24-/m1/s1. The minimum atomic E-state index is -0.621. The van der Waals surface area contributed by atoms with Gasteiger partial charge in [-0.2, -0.15) is 0 Å². The summed E-state index contributed by atoms with van der Waals surface area (Å²) in [5.74, 6) is -1.33. The van der Waals surface area contributed by atoms with Crippen molar-refractivity contribution in [1.82, 2.24) is 9.80 Å². The number of benzene rings is 2. The molecule has 2 atom stereocenters. The fourth-order valence-corrected chi connectivity index (χ4v) is 4.77. The lowest BCUT2D eigenvalue weighted by atomic mass is 10.2. The van der Waals surface area contributed by atoms with Crippen LogP contribution in [0.3, 0.4) is 0 Å². The van der Waals surface area contributed by atoms with Crippen molar-refractivity contribution in [2.45, 2.75) is 63.8 Å². The van der Waals surface area contributed by atoms with Crippen molar-refractivity contribution in [3.05, 3.63) is 71.8 Å². The maximum atomic E-state index is 12.9. The van der Waals surface area contributed by atoms with Crippen LogP contribution in [0.15, 0.2) is 60.7 Å². The van der Waals surface area contributed by atoms with Gasteiger partial charge in [0.05, 0.1) is 0 Å². The summed E-state index contributed by atoms with van der Waals surface area (Å²) in [6.45, 7) is 1.26. The van der Waals surface area contributed by atoms with Crippen LogP contribution < -0.4 is 0 Å². The molecule has 0 unspecified atom stereocenters. The van der Waals surface area contributed by atoms with E-state index in [0.717, 1.165) is 11.1 Å². The molecule has 0 bridgehead atoms. The molecule has 0 spiro atoms. The van der Waals surface area contributed by atoms with Crippen LogP contribution in [0.2, 0.25) is 0 Å². The molecule has 2 aromatic carbocycles. The summed E-state index contributed by atoms with van der Waals surface area (Å²) in [6, 6.07) is 17.5. The number of amides is 2. The van der Waals surface area contributed by atoms with Crippen molar-refractivity contribution < 1.29 is 28.7 Å². The van der Waals surface area contributed by atoms with Crippen LogP contribution in [-0.2, 0) is 41.9 Å². The molecule has 0 N–H and O–H groups in total. The average Bonchev–Trinajstić information content (AvgIpc) is 3.60. The topological polar surface area (TPSA) is 93.2 Å². The molecule has 8 heteroatoms. The molecule has 0 aromatic heterocycles. The molecular weight excluding hydrogens is 460 g/mol. The van der Waals surface area contributed by atoms with Crippen molar-refractivity contribution in [3.63, 3.8) is 0 Å². The van der Waals surface area contributed by atoms with E-state index in [0.29, 0.717) is 38.8 Å². The molecular formula is C28H32N2O6. The Balaban J connectivity index is 1.24. The number of carbonyl (C=O) groups is 4. The van der Waals surface area contributed by atoms with Gasteiger partial charge in [-0.1, -0.05) is 60.7 Å². The average molecular weight is 493 g/mol. The summed E-state index contributed by atoms with van der Waals surface area (Å²) in [7, 11) is 0. The molecule has 0 aliphatic carbocycles. The quantitative estimate of drug-likeness (QED) is 0.499. The molecule has 2 aliphatic rings. The van der Waals surface area contributed by atoms with E-state index in [-0.39, 0.29) is 37.9 Å². The molecule has 0 radical (unpaired) electrons. The highest BCUT2D eigenvalue weighted by atomic mass is 16.5. The Morgan fingerprint density at radius 1 is 0.639 bits per heavy atom. The van der Waals surface area contributed by atoms with Crippen LogP contribution in [0, 0.1) is 0 Å². The lowest BCUT2D eigenvalue weighted by Gasteiger charge is -2.25. The first-order valence-corrected chi connectivity index (χ1v) is 12.5. The maximum Gasteiger partial charge on any atom is 0.329 e. The molecule has 2 heterocycles. The van der Waals surface area contributed by atoms with Crippen molar-refractivity contribution >= 4 is 23.8 Å². The number of rotatable bonds is 9. The third-order valence-corrected chi connectivity index (χ3v) is 6.69. The van der Waals surface area contributed by atoms with E-state index >= 15 is 0 Å². The first kappa shape index (κ1) is 25.4. The third kappa shape index (κ3) is 6.50. The van der Waals surface area contributed by atoms with E-state index in [1.807, 2.05) is 60.7 Å². The number of hydrogen-bond acceptors (Lipinski definition) is 6. The Morgan fingerprint density at radius 2 is 1.03 bits per heavy atom. The predicted octanol–water partition coefficient (Wildman–Crippen LogP) is 3.24. The van der Waals surface area contributed by atoms with Crippen LogP contribution in [0.25, 0.3) is 0 Å². The molecule has 0 saturated carbocycles. The summed E-state index contributed by atoms with van der Waals surface area (Å²) >= 11 is 0. The molecule has 2 fully saturated rings. The zero-order valence-corrected chi connectivity index (χ0v) is 20.3. The lowest BCUT2D eigenvalue weighted by molar-refractivity contribution is -0.156. The highest BCUT2D eigenvalue weighted by Gasteiger charge is 2.37. The molecule has 36 heavy (non-hydrogen) atoms. The van der Waals surface area contributed by atoms with Crippen LogP contribution in [0.5, 0.6) is 0 Å². The smallest absolute Gasteiger partial charge is 0.329 e. The fourth-order valence-electron chi connectivity index (χ4n) is 4.77. The van der Waals surface area contributed by atoms with Gasteiger partial charge in [0.2, 0.25) is 11.8 Å². The van der Waals surface area contributed by atoms with Crippen molar-refractivity contribution in [2.75, 3.05) is 13.1 Å². The van der Waals surface area contributed by atoms with Gasteiger partial charge in [0.25, 0.3) is 0 Å². The van der Waals surface area contributed by atoms with Gasteiger partial charge in [-0.05, 0) is 36.8 Å². The van der Waals surface area contributed by atoms with E-state index in [1.165, 1.54) is 9.80 Å². The molecule has 2 saturated heterocycles. The molecule has 2 amide bonds. The number of carbonyl (C=O) groups excluding carboxylic acids is 4. The van der Waals surface area contributed by atoms with E-state index in [2.05, 4.69) is 0 Å². The van der Waals surface area contributed by atoms with Gasteiger partial charge in [-0.15, -0.1) is 0 Å². The Hall–Kier alpha value is -3.68. The van der Waals surface area contributed by atoms with Gasteiger partial charge >= 0.3 is 11.9 Å². The SMILES string of the molecule is O=C(OCc1ccccc1)[C@H]1CCCN1C(=O)CCC(=O)N1CCC[C@@H]1C(=O)OCc1ccccc1. The first-order valence-electron chi connectivity index (χ1n) is 12.5.